The van der Waals surface area contributed by atoms with Gasteiger partial charge in [0.15, 0.2) is 0 Å². The van der Waals surface area contributed by atoms with E-state index in [4.69, 9.17) is 0 Å². The third-order valence-electron chi connectivity index (χ3n) is 3.33. The Bertz CT molecular complexity index is 335. The second-order valence-corrected chi connectivity index (χ2v) is 4.91. The first-order valence-corrected chi connectivity index (χ1v) is 6.59. The average Bonchev–Trinajstić information content (AvgIpc) is 2.70. The van der Waals surface area contributed by atoms with Gasteiger partial charge in [0.05, 0.1) is 12.2 Å². The molecule has 1 aromatic rings. The first kappa shape index (κ1) is 13.5. The van der Waals surface area contributed by atoms with Crippen molar-refractivity contribution in [3.63, 3.8) is 0 Å². The number of benzene rings is 1. The molecule has 100 valence electrons. The van der Waals surface area contributed by atoms with Crippen molar-refractivity contribution in [3.8, 4) is 0 Å². The highest BCUT2D eigenvalue weighted by atomic mass is 16.3. The summed E-state index contributed by atoms with van der Waals surface area (Å²) in [6.45, 7) is 3.97. The van der Waals surface area contributed by atoms with E-state index in [9.17, 15) is 10.2 Å². The molecule has 1 aromatic carbocycles. The van der Waals surface area contributed by atoms with Crippen LogP contribution < -0.4 is 5.32 Å². The van der Waals surface area contributed by atoms with Crippen LogP contribution in [0.4, 0.5) is 0 Å². The summed E-state index contributed by atoms with van der Waals surface area (Å²) in [5.41, 5.74) is 1.30. The molecule has 1 aliphatic heterocycles. The molecule has 4 heteroatoms. The van der Waals surface area contributed by atoms with Gasteiger partial charge in [-0.1, -0.05) is 30.3 Å². The average molecular weight is 250 g/mol. The monoisotopic (exact) mass is 250 g/mol. The zero-order valence-electron chi connectivity index (χ0n) is 10.6. The molecule has 1 aliphatic rings. The van der Waals surface area contributed by atoms with Gasteiger partial charge in [0.25, 0.3) is 0 Å². The minimum absolute atomic E-state index is 0.567. The van der Waals surface area contributed by atoms with Crippen LogP contribution in [0.2, 0.25) is 0 Å². The van der Waals surface area contributed by atoms with Gasteiger partial charge in [-0.05, 0) is 25.1 Å². The van der Waals surface area contributed by atoms with Gasteiger partial charge in [0, 0.05) is 19.6 Å². The van der Waals surface area contributed by atoms with Crippen molar-refractivity contribution in [2.45, 2.75) is 25.2 Å². The molecule has 0 saturated carbocycles. The molecule has 1 fully saturated rings. The smallest absolute Gasteiger partial charge is 0.0938 e. The third-order valence-corrected chi connectivity index (χ3v) is 3.33. The van der Waals surface area contributed by atoms with Crippen molar-refractivity contribution >= 4 is 0 Å². The number of likely N-dealkylation sites (tertiary alicyclic amines) is 1. The number of nitrogens with one attached hydrogen (secondary N) is 1. The minimum atomic E-state index is -0.567. The van der Waals surface area contributed by atoms with E-state index in [-0.39, 0.29) is 0 Å². The Balaban J connectivity index is 1.54. The maximum absolute atomic E-state index is 9.41. The number of rotatable bonds is 6. The van der Waals surface area contributed by atoms with Crippen molar-refractivity contribution in [1.82, 2.24) is 10.2 Å². The van der Waals surface area contributed by atoms with E-state index in [0.717, 1.165) is 26.1 Å². The summed E-state index contributed by atoms with van der Waals surface area (Å²) < 4.78 is 0. The molecule has 0 unspecified atom stereocenters. The molecule has 1 heterocycles. The summed E-state index contributed by atoms with van der Waals surface area (Å²) in [6.07, 6.45) is -0.101. The molecule has 0 aliphatic carbocycles. The molecule has 0 spiro atoms. The van der Waals surface area contributed by atoms with Crippen LogP contribution >= 0.6 is 0 Å². The van der Waals surface area contributed by atoms with Crippen molar-refractivity contribution in [1.29, 1.82) is 0 Å². The number of hydrogen-bond donors (Lipinski definition) is 3. The van der Waals surface area contributed by atoms with Crippen molar-refractivity contribution in [2.24, 2.45) is 0 Å². The van der Waals surface area contributed by atoms with Gasteiger partial charge in [-0.3, -0.25) is 4.90 Å². The second-order valence-electron chi connectivity index (χ2n) is 4.91. The maximum Gasteiger partial charge on any atom is 0.0938 e. The Labute approximate surface area is 108 Å². The molecule has 0 amide bonds. The number of hydrogen-bond acceptors (Lipinski definition) is 4. The number of aliphatic hydroxyl groups excluding tert-OH is 2. The Morgan fingerprint density at radius 3 is 2.44 bits per heavy atom. The predicted molar refractivity (Wildman–Crippen MR) is 71.2 cm³/mol. The van der Waals surface area contributed by atoms with Crippen molar-refractivity contribution < 1.29 is 10.2 Å². The summed E-state index contributed by atoms with van der Waals surface area (Å²) in [7, 11) is 0. The summed E-state index contributed by atoms with van der Waals surface area (Å²) in [5, 5.41) is 22.2. The molecule has 0 bridgehead atoms. The lowest BCUT2D eigenvalue weighted by Crippen LogP contribution is -2.26. The molecular weight excluding hydrogens is 228 g/mol. The van der Waals surface area contributed by atoms with Crippen molar-refractivity contribution in [3.05, 3.63) is 35.9 Å². The molecule has 18 heavy (non-hydrogen) atoms. The van der Waals surface area contributed by atoms with Gasteiger partial charge in [-0.25, -0.2) is 0 Å². The van der Waals surface area contributed by atoms with Crippen LogP contribution in [-0.2, 0) is 6.54 Å². The van der Waals surface area contributed by atoms with E-state index in [1.165, 1.54) is 5.56 Å². The van der Waals surface area contributed by atoms with Gasteiger partial charge in [-0.2, -0.15) is 0 Å². The topological polar surface area (TPSA) is 55.7 Å². The zero-order valence-corrected chi connectivity index (χ0v) is 10.6. The highest BCUT2D eigenvalue weighted by Gasteiger charge is 2.28. The van der Waals surface area contributed by atoms with Gasteiger partial charge in [-0.15, -0.1) is 0 Å². The Hall–Kier alpha value is -0.940. The van der Waals surface area contributed by atoms with E-state index in [1.807, 2.05) is 18.2 Å². The molecule has 2 rings (SSSR count). The molecule has 3 N–H and O–H groups in total. The predicted octanol–water partition coefficient (Wildman–Crippen LogP) is 0.204. The first-order valence-electron chi connectivity index (χ1n) is 6.59. The largest absolute Gasteiger partial charge is 0.389 e. The maximum atomic E-state index is 9.41. The highest BCUT2D eigenvalue weighted by molar-refractivity contribution is 5.14. The Morgan fingerprint density at radius 2 is 1.78 bits per heavy atom. The van der Waals surface area contributed by atoms with Gasteiger partial charge >= 0.3 is 0 Å². The fourth-order valence-corrected chi connectivity index (χ4v) is 2.29. The van der Waals surface area contributed by atoms with E-state index >= 15 is 0 Å². The Morgan fingerprint density at radius 1 is 1.11 bits per heavy atom. The first-order chi connectivity index (χ1) is 8.75. The third kappa shape index (κ3) is 4.07. The van der Waals surface area contributed by atoms with Gasteiger partial charge in [0.2, 0.25) is 0 Å². The molecule has 0 radical (unpaired) electrons. The van der Waals surface area contributed by atoms with Crippen LogP contribution in [0.1, 0.15) is 12.0 Å². The van der Waals surface area contributed by atoms with Crippen LogP contribution in [0.5, 0.6) is 0 Å². The zero-order chi connectivity index (χ0) is 12.8. The standard InChI is InChI=1S/C14H22N2O2/c17-13-10-16(11-14(13)18)8-4-7-15-9-12-5-2-1-3-6-12/h1-3,5-6,13-15,17-18H,4,7-11H2/t13-,14-/m0/s1. The van der Waals surface area contributed by atoms with E-state index in [1.54, 1.807) is 0 Å². The number of nitrogens with zero attached hydrogens (tertiary/aromatic N) is 1. The molecular formula is C14H22N2O2. The molecule has 2 atom stereocenters. The van der Waals surface area contributed by atoms with E-state index in [0.29, 0.717) is 13.1 Å². The quantitative estimate of drug-likeness (QED) is 0.632. The lowest BCUT2D eigenvalue weighted by atomic mass is 10.2. The minimum Gasteiger partial charge on any atom is -0.389 e. The van der Waals surface area contributed by atoms with E-state index < -0.39 is 12.2 Å². The lowest BCUT2D eigenvalue weighted by Gasteiger charge is -2.14. The summed E-state index contributed by atoms with van der Waals surface area (Å²) >= 11 is 0. The van der Waals surface area contributed by atoms with Crippen LogP contribution in [0.25, 0.3) is 0 Å². The Kier molecular flexibility index (Phi) is 5.13. The van der Waals surface area contributed by atoms with Crippen LogP contribution in [0.15, 0.2) is 30.3 Å². The summed E-state index contributed by atoms with van der Waals surface area (Å²) in [4.78, 5) is 2.11. The number of β-amino-alcohol motifs (C(OH)–C–C–N with tert-alkyl or cyclic N) is 2. The van der Waals surface area contributed by atoms with Gasteiger partial charge in [0.1, 0.15) is 0 Å². The second kappa shape index (κ2) is 6.85. The van der Waals surface area contributed by atoms with Gasteiger partial charge < -0.3 is 15.5 Å². The lowest BCUT2D eigenvalue weighted by molar-refractivity contribution is 0.0572. The SMILES string of the molecule is O[C@H]1CN(CCCNCc2ccccc2)C[C@@H]1O. The molecule has 0 aromatic heterocycles. The highest BCUT2D eigenvalue weighted by Crippen LogP contribution is 2.09. The normalized spacial score (nSPS) is 24.6. The van der Waals surface area contributed by atoms with E-state index in [2.05, 4.69) is 22.3 Å². The molecule has 1 saturated heterocycles. The van der Waals surface area contributed by atoms with Crippen LogP contribution in [-0.4, -0.2) is 53.5 Å². The molecule has 4 nitrogen and oxygen atoms in total. The van der Waals surface area contributed by atoms with Crippen LogP contribution in [0, 0.1) is 0 Å². The van der Waals surface area contributed by atoms with Crippen LogP contribution in [0.3, 0.4) is 0 Å². The van der Waals surface area contributed by atoms with Crippen molar-refractivity contribution in [2.75, 3.05) is 26.2 Å². The fraction of sp³-hybridized carbons (Fsp3) is 0.571. The summed E-state index contributed by atoms with van der Waals surface area (Å²) in [6, 6.07) is 10.3. The summed E-state index contributed by atoms with van der Waals surface area (Å²) in [5.74, 6) is 0. The number of aliphatic hydroxyl groups is 2. The fourth-order valence-electron chi connectivity index (χ4n) is 2.29.